The van der Waals surface area contributed by atoms with Gasteiger partial charge in [-0.25, -0.2) is 0 Å². The van der Waals surface area contributed by atoms with Gasteiger partial charge in [0.2, 0.25) is 5.91 Å². The molecule has 1 amide bonds. The van der Waals surface area contributed by atoms with Gasteiger partial charge < -0.3 is 5.32 Å². The molecule has 0 unspecified atom stereocenters. The van der Waals surface area contributed by atoms with E-state index in [1.807, 2.05) is 6.07 Å². The zero-order valence-corrected chi connectivity index (χ0v) is 11.3. The van der Waals surface area contributed by atoms with Crippen LogP contribution in [0.15, 0.2) is 48.8 Å². The largest absolute Gasteiger partial charge is 0.322 e. The lowest BCUT2D eigenvalue weighted by molar-refractivity contribution is -0.384. The molecule has 0 saturated carbocycles. The zero-order chi connectivity index (χ0) is 15.2. The van der Waals surface area contributed by atoms with Crippen molar-refractivity contribution in [3.05, 3.63) is 70.0 Å². The van der Waals surface area contributed by atoms with Crippen molar-refractivity contribution in [2.75, 3.05) is 5.32 Å². The topological polar surface area (TPSA) is 85.1 Å². The molecular weight excluding hydrogens is 270 g/mol. The number of hydrogen-bond donors (Lipinski definition) is 1. The first kappa shape index (κ1) is 14.4. The van der Waals surface area contributed by atoms with Crippen molar-refractivity contribution >= 4 is 23.4 Å². The summed E-state index contributed by atoms with van der Waals surface area (Å²) in [4.78, 5) is 26.0. The van der Waals surface area contributed by atoms with Gasteiger partial charge in [-0.05, 0) is 30.2 Å². The van der Waals surface area contributed by atoms with E-state index in [1.165, 1.54) is 18.2 Å². The number of nitrogens with one attached hydrogen (secondary N) is 1. The first-order chi connectivity index (χ1) is 10.1. The lowest BCUT2D eigenvalue weighted by Crippen LogP contribution is -2.09. The van der Waals surface area contributed by atoms with Crippen molar-refractivity contribution in [3.8, 4) is 0 Å². The van der Waals surface area contributed by atoms with Crippen LogP contribution in [0.3, 0.4) is 0 Å². The van der Waals surface area contributed by atoms with Gasteiger partial charge in [-0.2, -0.15) is 0 Å². The fourth-order valence-electron chi connectivity index (χ4n) is 1.68. The molecule has 0 spiro atoms. The summed E-state index contributed by atoms with van der Waals surface area (Å²) in [5, 5.41) is 13.4. The number of benzene rings is 1. The van der Waals surface area contributed by atoms with Gasteiger partial charge in [0.1, 0.15) is 0 Å². The quantitative estimate of drug-likeness (QED) is 0.531. The number of carbonyl (C=O) groups excluding carboxylic acids is 1. The van der Waals surface area contributed by atoms with Crippen LogP contribution < -0.4 is 5.32 Å². The van der Waals surface area contributed by atoms with Crippen LogP contribution in [0.4, 0.5) is 11.4 Å². The van der Waals surface area contributed by atoms with Crippen molar-refractivity contribution in [1.82, 2.24) is 4.98 Å². The molecule has 2 rings (SSSR count). The Labute approximate surface area is 121 Å². The van der Waals surface area contributed by atoms with Gasteiger partial charge in [-0.15, -0.1) is 0 Å². The highest BCUT2D eigenvalue weighted by atomic mass is 16.6. The van der Waals surface area contributed by atoms with Crippen molar-refractivity contribution in [2.45, 2.75) is 6.92 Å². The van der Waals surface area contributed by atoms with Crippen LogP contribution in [-0.4, -0.2) is 15.8 Å². The molecule has 2 aromatic rings. The molecule has 0 aliphatic carbocycles. The highest BCUT2D eigenvalue weighted by molar-refractivity contribution is 6.02. The lowest BCUT2D eigenvalue weighted by atomic mass is 10.2. The average Bonchev–Trinajstić information content (AvgIpc) is 2.48. The third-order valence-corrected chi connectivity index (χ3v) is 2.80. The highest BCUT2D eigenvalue weighted by Crippen LogP contribution is 2.21. The van der Waals surface area contributed by atoms with Crippen LogP contribution in [0.25, 0.3) is 6.08 Å². The molecule has 0 aliphatic rings. The predicted octanol–water partition coefficient (Wildman–Crippen LogP) is 2.95. The summed E-state index contributed by atoms with van der Waals surface area (Å²) < 4.78 is 0. The van der Waals surface area contributed by atoms with Crippen LogP contribution in [0.5, 0.6) is 0 Å². The average molecular weight is 283 g/mol. The normalized spacial score (nSPS) is 10.5. The van der Waals surface area contributed by atoms with Gasteiger partial charge in [0.05, 0.1) is 10.6 Å². The summed E-state index contributed by atoms with van der Waals surface area (Å²) in [6.07, 6.45) is 6.25. The van der Waals surface area contributed by atoms with Crippen LogP contribution in [-0.2, 0) is 4.79 Å². The fraction of sp³-hybridized carbons (Fsp3) is 0.0667. The summed E-state index contributed by atoms with van der Waals surface area (Å²) in [7, 11) is 0. The maximum absolute atomic E-state index is 11.8. The minimum atomic E-state index is -0.499. The molecule has 1 aromatic carbocycles. The van der Waals surface area contributed by atoms with Gasteiger partial charge in [-0.1, -0.05) is 12.1 Å². The van der Waals surface area contributed by atoms with Gasteiger partial charge >= 0.3 is 0 Å². The number of aryl methyl sites for hydroxylation is 1. The summed E-state index contributed by atoms with van der Waals surface area (Å²) in [5.74, 6) is -0.359. The number of anilines is 1. The molecule has 0 fully saturated rings. The van der Waals surface area contributed by atoms with Crippen molar-refractivity contribution in [2.24, 2.45) is 0 Å². The number of aromatic nitrogens is 1. The number of nitro benzene ring substituents is 1. The molecular formula is C15H13N3O3. The molecule has 6 nitrogen and oxygen atoms in total. The van der Waals surface area contributed by atoms with Gasteiger partial charge in [0.25, 0.3) is 5.69 Å². The van der Waals surface area contributed by atoms with E-state index in [1.54, 1.807) is 37.5 Å². The molecule has 0 bridgehead atoms. The third-order valence-electron chi connectivity index (χ3n) is 2.80. The smallest absolute Gasteiger partial charge is 0.271 e. The van der Waals surface area contributed by atoms with E-state index in [0.717, 1.165) is 11.1 Å². The number of pyridine rings is 1. The maximum Gasteiger partial charge on any atom is 0.271 e. The minimum absolute atomic E-state index is 0.0628. The Bertz CT molecular complexity index is 697. The van der Waals surface area contributed by atoms with Crippen LogP contribution >= 0.6 is 0 Å². The zero-order valence-electron chi connectivity index (χ0n) is 11.3. The number of rotatable bonds is 4. The van der Waals surface area contributed by atoms with Crippen molar-refractivity contribution < 1.29 is 9.72 Å². The van der Waals surface area contributed by atoms with Crippen molar-refractivity contribution in [1.29, 1.82) is 0 Å². The number of nitrogens with zero attached hydrogens (tertiary/aromatic N) is 2. The second-order valence-electron chi connectivity index (χ2n) is 4.37. The van der Waals surface area contributed by atoms with E-state index < -0.39 is 4.92 Å². The van der Waals surface area contributed by atoms with E-state index in [9.17, 15) is 14.9 Å². The Balaban J connectivity index is 2.11. The molecule has 0 radical (unpaired) electrons. The molecule has 6 heteroatoms. The Hall–Kier alpha value is -3.02. The summed E-state index contributed by atoms with van der Waals surface area (Å²) >= 11 is 0. The Kier molecular flexibility index (Phi) is 4.40. The van der Waals surface area contributed by atoms with Crippen LogP contribution in [0.1, 0.15) is 11.1 Å². The Morgan fingerprint density at radius 3 is 2.86 bits per heavy atom. The molecule has 21 heavy (non-hydrogen) atoms. The molecule has 0 saturated heterocycles. The summed E-state index contributed by atoms with van der Waals surface area (Å²) in [6.45, 7) is 1.77. The Morgan fingerprint density at radius 1 is 1.38 bits per heavy atom. The monoisotopic (exact) mass is 283 g/mol. The molecule has 0 atom stereocenters. The lowest BCUT2D eigenvalue weighted by Gasteiger charge is -2.05. The number of hydrogen-bond acceptors (Lipinski definition) is 4. The highest BCUT2D eigenvalue weighted by Gasteiger charge is 2.09. The Morgan fingerprint density at radius 2 is 2.19 bits per heavy atom. The minimum Gasteiger partial charge on any atom is -0.322 e. The van der Waals surface area contributed by atoms with Gasteiger partial charge in [-0.3, -0.25) is 19.9 Å². The first-order valence-corrected chi connectivity index (χ1v) is 6.20. The molecule has 1 heterocycles. The number of nitro groups is 1. The third kappa shape index (κ3) is 3.97. The second kappa shape index (κ2) is 6.42. The van der Waals surface area contributed by atoms with E-state index in [-0.39, 0.29) is 11.6 Å². The van der Waals surface area contributed by atoms with Gasteiger partial charge in [0.15, 0.2) is 0 Å². The standard InChI is InChI=1S/C15H13N3O3/c1-11-4-6-13(18(20)21)9-14(11)17-15(19)7-5-12-3-2-8-16-10-12/h2-10H,1H3,(H,17,19). The molecule has 1 aromatic heterocycles. The van der Waals surface area contributed by atoms with Crippen LogP contribution in [0.2, 0.25) is 0 Å². The number of carbonyl (C=O) groups is 1. The number of amides is 1. The molecule has 0 aliphatic heterocycles. The van der Waals surface area contributed by atoms with Gasteiger partial charge in [0, 0.05) is 30.6 Å². The van der Waals surface area contributed by atoms with Crippen LogP contribution in [0, 0.1) is 17.0 Å². The van der Waals surface area contributed by atoms with E-state index in [2.05, 4.69) is 10.3 Å². The predicted molar refractivity (Wildman–Crippen MR) is 79.7 cm³/mol. The SMILES string of the molecule is Cc1ccc([N+](=O)[O-])cc1NC(=O)C=Cc1cccnc1. The van der Waals surface area contributed by atoms with Crippen molar-refractivity contribution in [3.63, 3.8) is 0 Å². The van der Waals surface area contributed by atoms with E-state index >= 15 is 0 Å². The summed E-state index contributed by atoms with van der Waals surface area (Å²) in [6, 6.07) is 7.91. The fourth-order valence-corrected chi connectivity index (χ4v) is 1.68. The van der Waals surface area contributed by atoms with E-state index in [4.69, 9.17) is 0 Å². The maximum atomic E-state index is 11.8. The second-order valence-corrected chi connectivity index (χ2v) is 4.37. The van der Waals surface area contributed by atoms with E-state index in [0.29, 0.717) is 5.69 Å². The number of non-ortho nitro benzene ring substituents is 1. The molecule has 1 N–H and O–H groups in total. The summed E-state index contributed by atoms with van der Waals surface area (Å²) in [5.41, 5.74) is 1.91. The molecule has 106 valence electrons. The first-order valence-electron chi connectivity index (χ1n) is 6.20.